The molecule has 0 radical (unpaired) electrons. The highest BCUT2D eigenvalue weighted by molar-refractivity contribution is 14.0. The highest BCUT2D eigenvalue weighted by Crippen LogP contribution is 2.26. The number of morpholine rings is 1. The summed E-state index contributed by atoms with van der Waals surface area (Å²) in [5, 5.41) is 7.08. The molecule has 0 aliphatic carbocycles. The first kappa shape index (κ1) is 26.2. The molecule has 0 saturated carbocycles. The van der Waals surface area contributed by atoms with Crippen LogP contribution < -0.4 is 15.4 Å². The fourth-order valence-electron chi connectivity index (χ4n) is 4.31. The van der Waals surface area contributed by atoms with Gasteiger partial charge in [0, 0.05) is 39.8 Å². The number of guanidine groups is 1. The summed E-state index contributed by atoms with van der Waals surface area (Å²) >= 11 is 0. The smallest absolute Gasteiger partial charge is 0.191 e. The molecule has 2 fully saturated rings. The van der Waals surface area contributed by atoms with Gasteiger partial charge in [0.15, 0.2) is 5.96 Å². The Bertz CT molecular complexity index is 646. The van der Waals surface area contributed by atoms with Crippen molar-refractivity contribution in [3.63, 3.8) is 0 Å². The number of nitrogens with zero attached hydrogens (tertiary/aromatic N) is 3. The van der Waals surface area contributed by atoms with Crippen LogP contribution in [0.25, 0.3) is 0 Å². The minimum absolute atomic E-state index is 0. The van der Waals surface area contributed by atoms with Gasteiger partial charge >= 0.3 is 0 Å². The summed E-state index contributed by atoms with van der Waals surface area (Å²) < 4.78 is 10.8. The molecule has 3 rings (SSSR count). The van der Waals surface area contributed by atoms with Crippen LogP contribution in [0, 0.1) is 5.92 Å². The molecule has 8 heteroatoms. The predicted octanol–water partition coefficient (Wildman–Crippen LogP) is 2.58. The molecule has 2 aliphatic rings. The minimum atomic E-state index is 0. The van der Waals surface area contributed by atoms with Gasteiger partial charge in [0.05, 0.1) is 26.4 Å². The summed E-state index contributed by atoms with van der Waals surface area (Å²) in [4.78, 5) is 9.51. The molecule has 2 saturated heterocycles. The van der Waals surface area contributed by atoms with Crippen LogP contribution in [0.5, 0.6) is 5.75 Å². The van der Waals surface area contributed by atoms with Crippen molar-refractivity contribution in [1.29, 1.82) is 0 Å². The van der Waals surface area contributed by atoms with E-state index in [1.165, 1.54) is 18.4 Å². The molecule has 1 aromatic carbocycles. The van der Waals surface area contributed by atoms with Gasteiger partial charge in [-0.25, -0.2) is 0 Å². The van der Waals surface area contributed by atoms with E-state index < -0.39 is 0 Å². The third-order valence-corrected chi connectivity index (χ3v) is 6.06. The van der Waals surface area contributed by atoms with Crippen molar-refractivity contribution in [2.45, 2.75) is 25.8 Å². The molecule has 2 atom stereocenters. The maximum atomic E-state index is 5.45. The first-order valence-electron chi connectivity index (χ1n) is 11.3. The van der Waals surface area contributed by atoms with Crippen molar-refractivity contribution < 1.29 is 9.47 Å². The summed E-state index contributed by atoms with van der Waals surface area (Å²) in [6.07, 6.45) is 2.55. The second-order valence-corrected chi connectivity index (χ2v) is 8.38. The average molecular weight is 546 g/mol. The number of halogens is 1. The zero-order valence-corrected chi connectivity index (χ0v) is 21.6. The Morgan fingerprint density at radius 1 is 1.06 bits per heavy atom. The van der Waals surface area contributed by atoms with E-state index in [4.69, 9.17) is 9.47 Å². The van der Waals surface area contributed by atoms with Gasteiger partial charge in [-0.2, -0.15) is 0 Å². The molecule has 2 aliphatic heterocycles. The normalized spacial score (nSPS) is 20.0. The minimum Gasteiger partial charge on any atom is -0.497 e. The van der Waals surface area contributed by atoms with Crippen LogP contribution in [-0.4, -0.2) is 88.9 Å². The van der Waals surface area contributed by atoms with Crippen LogP contribution >= 0.6 is 24.0 Å². The van der Waals surface area contributed by atoms with E-state index in [-0.39, 0.29) is 24.0 Å². The number of ether oxygens (including phenoxy) is 2. The summed E-state index contributed by atoms with van der Waals surface area (Å²) in [5.74, 6) is 2.33. The van der Waals surface area contributed by atoms with Crippen molar-refractivity contribution >= 4 is 29.9 Å². The Balaban J connectivity index is 0.00000341. The molecule has 31 heavy (non-hydrogen) atoms. The van der Waals surface area contributed by atoms with Gasteiger partial charge in [-0.3, -0.25) is 14.8 Å². The number of methoxy groups -OCH3 is 1. The standard InChI is InChI=1S/C23H39N5O2.HI/c1-19(18-27-12-14-30-15-13-27)16-25-23(24-2)26-17-22(28-10-4-5-11-28)20-6-8-21(29-3)9-7-20;/h6-9,19,22H,4-5,10-18H2,1-3H3,(H2,24,25,26);1H. The molecule has 0 spiro atoms. The first-order valence-corrected chi connectivity index (χ1v) is 11.3. The van der Waals surface area contributed by atoms with E-state index in [0.29, 0.717) is 12.0 Å². The second kappa shape index (κ2) is 14.1. The number of rotatable bonds is 9. The SMILES string of the molecule is CN=C(NCC(C)CN1CCOCC1)NCC(c1ccc(OC)cc1)N1CCCC1.I. The summed E-state index contributed by atoms with van der Waals surface area (Å²) in [6.45, 7) is 11.2. The highest BCUT2D eigenvalue weighted by atomic mass is 127. The molecular weight excluding hydrogens is 505 g/mol. The molecule has 2 unspecified atom stereocenters. The summed E-state index contributed by atoms with van der Waals surface area (Å²) in [5.41, 5.74) is 1.32. The van der Waals surface area contributed by atoms with Gasteiger partial charge in [0.25, 0.3) is 0 Å². The van der Waals surface area contributed by atoms with E-state index in [1.54, 1.807) is 7.11 Å². The van der Waals surface area contributed by atoms with Crippen LogP contribution in [0.15, 0.2) is 29.3 Å². The van der Waals surface area contributed by atoms with Crippen LogP contribution in [0.3, 0.4) is 0 Å². The van der Waals surface area contributed by atoms with Crippen LogP contribution in [0.1, 0.15) is 31.4 Å². The number of hydrogen-bond acceptors (Lipinski definition) is 5. The Labute approximate surface area is 205 Å². The van der Waals surface area contributed by atoms with E-state index in [2.05, 4.69) is 56.6 Å². The second-order valence-electron chi connectivity index (χ2n) is 8.38. The van der Waals surface area contributed by atoms with Gasteiger partial charge in [-0.15, -0.1) is 24.0 Å². The lowest BCUT2D eigenvalue weighted by Crippen LogP contribution is -2.45. The number of nitrogens with one attached hydrogen (secondary N) is 2. The van der Waals surface area contributed by atoms with Crippen molar-refractivity contribution in [1.82, 2.24) is 20.4 Å². The zero-order valence-electron chi connectivity index (χ0n) is 19.3. The first-order chi connectivity index (χ1) is 14.7. The summed E-state index contributed by atoms with van der Waals surface area (Å²) in [6, 6.07) is 8.81. The Kier molecular flexibility index (Phi) is 11.9. The van der Waals surface area contributed by atoms with Crippen molar-refractivity contribution in [3.8, 4) is 5.75 Å². The lowest BCUT2D eigenvalue weighted by atomic mass is 10.1. The number of hydrogen-bond donors (Lipinski definition) is 2. The highest BCUT2D eigenvalue weighted by Gasteiger charge is 2.24. The van der Waals surface area contributed by atoms with E-state index in [1.807, 2.05) is 7.05 Å². The molecule has 7 nitrogen and oxygen atoms in total. The van der Waals surface area contributed by atoms with Crippen molar-refractivity contribution in [2.75, 3.05) is 73.2 Å². The Hall–Kier alpha value is -1.10. The van der Waals surface area contributed by atoms with E-state index in [0.717, 1.165) is 70.7 Å². The lowest BCUT2D eigenvalue weighted by Gasteiger charge is -2.30. The number of likely N-dealkylation sites (tertiary alicyclic amines) is 1. The fraction of sp³-hybridized carbons (Fsp3) is 0.696. The fourth-order valence-corrected chi connectivity index (χ4v) is 4.31. The topological polar surface area (TPSA) is 61.4 Å². The lowest BCUT2D eigenvalue weighted by molar-refractivity contribution is 0.0320. The molecular formula is C23H40IN5O2. The van der Waals surface area contributed by atoms with Gasteiger partial charge in [0.2, 0.25) is 0 Å². The monoisotopic (exact) mass is 545 g/mol. The van der Waals surface area contributed by atoms with Crippen LogP contribution in [0.4, 0.5) is 0 Å². The molecule has 2 heterocycles. The Morgan fingerprint density at radius 3 is 2.32 bits per heavy atom. The molecule has 0 aromatic heterocycles. The van der Waals surface area contributed by atoms with Gasteiger partial charge < -0.3 is 20.1 Å². The third-order valence-electron chi connectivity index (χ3n) is 6.06. The van der Waals surface area contributed by atoms with Gasteiger partial charge in [-0.1, -0.05) is 19.1 Å². The maximum absolute atomic E-state index is 5.45. The predicted molar refractivity (Wildman–Crippen MR) is 138 cm³/mol. The van der Waals surface area contributed by atoms with Crippen molar-refractivity contribution in [2.24, 2.45) is 10.9 Å². The molecule has 2 N–H and O–H groups in total. The third kappa shape index (κ3) is 8.40. The molecule has 1 aromatic rings. The number of benzene rings is 1. The van der Waals surface area contributed by atoms with Crippen molar-refractivity contribution in [3.05, 3.63) is 29.8 Å². The van der Waals surface area contributed by atoms with Gasteiger partial charge in [0.1, 0.15) is 5.75 Å². The maximum Gasteiger partial charge on any atom is 0.191 e. The largest absolute Gasteiger partial charge is 0.497 e. The van der Waals surface area contributed by atoms with Crippen LogP contribution in [-0.2, 0) is 4.74 Å². The van der Waals surface area contributed by atoms with E-state index in [9.17, 15) is 0 Å². The van der Waals surface area contributed by atoms with E-state index >= 15 is 0 Å². The number of aliphatic imine (C=N–C) groups is 1. The molecule has 0 amide bonds. The molecule has 0 bridgehead atoms. The Morgan fingerprint density at radius 2 is 1.71 bits per heavy atom. The van der Waals surface area contributed by atoms with Crippen LogP contribution in [0.2, 0.25) is 0 Å². The van der Waals surface area contributed by atoms with Gasteiger partial charge in [-0.05, 0) is 49.5 Å². The quantitative estimate of drug-likeness (QED) is 0.283. The molecule has 176 valence electrons. The summed E-state index contributed by atoms with van der Waals surface area (Å²) in [7, 11) is 3.56. The average Bonchev–Trinajstić information content (AvgIpc) is 3.31. The zero-order chi connectivity index (χ0) is 21.2.